The van der Waals surface area contributed by atoms with E-state index in [0.717, 1.165) is 33.8 Å². The Balaban J connectivity index is 1.92. The average Bonchev–Trinajstić information content (AvgIpc) is 2.71. The Labute approximate surface area is 167 Å². The van der Waals surface area contributed by atoms with Crippen LogP contribution in [-0.2, 0) is 4.79 Å². The van der Waals surface area contributed by atoms with Crippen LogP contribution >= 0.6 is 0 Å². The molecule has 0 amide bonds. The fraction of sp³-hybridized carbons (Fsp3) is 0.292. The normalized spacial score (nSPS) is 18.1. The molecular weight excluding hydrogens is 350 g/mol. The Kier molecular flexibility index (Phi) is 6.32. The number of nitrogens with zero attached hydrogens (tertiary/aromatic N) is 1. The molecular formula is C24H27NO3. The molecule has 0 atom stereocenters. The van der Waals surface area contributed by atoms with Gasteiger partial charge in [0.1, 0.15) is 11.5 Å². The molecule has 1 saturated heterocycles. The van der Waals surface area contributed by atoms with E-state index in [1.54, 1.807) is 14.2 Å². The molecule has 1 fully saturated rings. The van der Waals surface area contributed by atoms with Crippen LogP contribution in [0.25, 0.3) is 12.2 Å². The van der Waals surface area contributed by atoms with Crippen LogP contribution in [0.5, 0.6) is 11.5 Å². The van der Waals surface area contributed by atoms with E-state index in [1.165, 1.54) is 0 Å². The molecule has 4 nitrogen and oxygen atoms in total. The van der Waals surface area contributed by atoms with Gasteiger partial charge in [-0.1, -0.05) is 24.3 Å². The number of carbonyl (C=O) groups is 1. The molecule has 0 spiro atoms. The molecule has 0 aromatic heterocycles. The van der Waals surface area contributed by atoms with E-state index in [0.29, 0.717) is 19.1 Å². The van der Waals surface area contributed by atoms with Gasteiger partial charge in [-0.05, 0) is 61.4 Å². The van der Waals surface area contributed by atoms with Gasteiger partial charge in [-0.2, -0.15) is 0 Å². The van der Waals surface area contributed by atoms with Crippen LogP contribution < -0.4 is 9.47 Å². The van der Waals surface area contributed by atoms with Gasteiger partial charge < -0.3 is 9.47 Å². The molecule has 1 heterocycles. The second kappa shape index (κ2) is 8.89. The highest BCUT2D eigenvalue weighted by Crippen LogP contribution is 2.24. The highest BCUT2D eigenvalue weighted by atomic mass is 16.5. The van der Waals surface area contributed by atoms with Gasteiger partial charge in [-0.3, -0.25) is 9.69 Å². The number of hydrogen-bond acceptors (Lipinski definition) is 4. The number of rotatable bonds is 5. The second-order valence-corrected chi connectivity index (χ2v) is 7.21. The zero-order chi connectivity index (χ0) is 20.1. The van der Waals surface area contributed by atoms with Gasteiger partial charge in [0.2, 0.25) is 0 Å². The van der Waals surface area contributed by atoms with Crippen LogP contribution in [0.3, 0.4) is 0 Å². The summed E-state index contributed by atoms with van der Waals surface area (Å²) in [4.78, 5) is 15.4. The summed E-state index contributed by atoms with van der Waals surface area (Å²) < 4.78 is 10.4. The van der Waals surface area contributed by atoms with E-state index in [4.69, 9.17) is 9.47 Å². The minimum atomic E-state index is 0.114. The number of carbonyl (C=O) groups excluding carboxylic acids is 1. The molecule has 0 aliphatic carbocycles. The van der Waals surface area contributed by atoms with Crippen molar-refractivity contribution in [2.24, 2.45) is 0 Å². The Morgan fingerprint density at radius 1 is 0.786 bits per heavy atom. The van der Waals surface area contributed by atoms with Crippen molar-refractivity contribution in [3.8, 4) is 11.5 Å². The van der Waals surface area contributed by atoms with Crippen LogP contribution in [0, 0.1) is 0 Å². The van der Waals surface area contributed by atoms with Gasteiger partial charge in [-0.25, -0.2) is 0 Å². The molecule has 0 unspecified atom stereocenters. The third-order valence-electron chi connectivity index (χ3n) is 4.97. The van der Waals surface area contributed by atoms with Crippen LogP contribution in [0.2, 0.25) is 0 Å². The first-order valence-electron chi connectivity index (χ1n) is 9.48. The third-order valence-corrected chi connectivity index (χ3v) is 4.97. The number of benzene rings is 2. The van der Waals surface area contributed by atoms with Crippen molar-refractivity contribution >= 4 is 17.9 Å². The highest BCUT2D eigenvalue weighted by Gasteiger charge is 2.27. The summed E-state index contributed by atoms with van der Waals surface area (Å²) in [6.45, 7) is 5.63. The van der Waals surface area contributed by atoms with Gasteiger partial charge in [0, 0.05) is 30.3 Å². The number of piperidine rings is 1. The van der Waals surface area contributed by atoms with Gasteiger partial charge in [0.25, 0.3) is 0 Å². The van der Waals surface area contributed by atoms with E-state index in [2.05, 4.69) is 18.7 Å². The van der Waals surface area contributed by atoms with Crippen LogP contribution in [0.4, 0.5) is 0 Å². The van der Waals surface area contributed by atoms with Crippen molar-refractivity contribution in [2.75, 3.05) is 27.3 Å². The highest BCUT2D eigenvalue weighted by molar-refractivity contribution is 6.14. The smallest absolute Gasteiger partial charge is 0.187 e. The summed E-state index contributed by atoms with van der Waals surface area (Å²) >= 11 is 0. The Morgan fingerprint density at radius 2 is 1.18 bits per heavy atom. The maximum atomic E-state index is 13.1. The SMILES string of the molecule is COc1ccc(/C=C2/CN(C(C)C)C/C(=C/c3ccc(OC)cc3)C2=O)cc1. The first-order chi connectivity index (χ1) is 13.5. The summed E-state index contributed by atoms with van der Waals surface area (Å²) in [7, 11) is 3.30. The molecule has 1 aliphatic heterocycles. The third kappa shape index (κ3) is 4.70. The fourth-order valence-corrected chi connectivity index (χ4v) is 3.23. The molecule has 0 radical (unpaired) electrons. The van der Waals surface area contributed by atoms with Crippen LogP contribution in [0.1, 0.15) is 25.0 Å². The summed E-state index contributed by atoms with van der Waals surface area (Å²) in [5.41, 5.74) is 3.62. The molecule has 0 saturated carbocycles. The number of methoxy groups -OCH3 is 2. The molecule has 4 heteroatoms. The maximum Gasteiger partial charge on any atom is 0.187 e. The number of hydrogen-bond donors (Lipinski definition) is 0. The summed E-state index contributed by atoms with van der Waals surface area (Å²) in [5, 5.41) is 0. The molecule has 0 N–H and O–H groups in total. The van der Waals surface area contributed by atoms with E-state index >= 15 is 0 Å². The lowest BCUT2D eigenvalue weighted by atomic mass is 9.93. The van der Waals surface area contributed by atoms with Gasteiger partial charge in [0.15, 0.2) is 5.78 Å². The number of ketones is 1. The minimum absolute atomic E-state index is 0.114. The van der Waals surface area contributed by atoms with Crippen molar-refractivity contribution in [3.05, 3.63) is 70.8 Å². The summed E-state index contributed by atoms with van der Waals surface area (Å²) in [6.07, 6.45) is 3.97. The standard InChI is InChI=1S/C24H27NO3/c1-17(2)25-15-20(13-18-5-9-22(27-3)10-6-18)24(26)21(16-25)14-19-7-11-23(28-4)12-8-19/h5-14,17H,15-16H2,1-4H3/b20-13-,21-14-. The zero-order valence-corrected chi connectivity index (χ0v) is 16.9. The summed E-state index contributed by atoms with van der Waals surface area (Å²) in [6, 6.07) is 15.9. The first-order valence-corrected chi connectivity index (χ1v) is 9.48. The zero-order valence-electron chi connectivity index (χ0n) is 16.9. The van der Waals surface area contributed by atoms with E-state index < -0.39 is 0 Å². The second-order valence-electron chi connectivity index (χ2n) is 7.21. The molecule has 3 rings (SSSR count). The van der Waals surface area contributed by atoms with Crippen molar-refractivity contribution in [2.45, 2.75) is 19.9 Å². The molecule has 2 aromatic rings. The molecule has 28 heavy (non-hydrogen) atoms. The van der Waals surface area contributed by atoms with Crippen molar-refractivity contribution in [3.63, 3.8) is 0 Å². The Bertz CT molecular complexity index is 808. The molecule has 2 aromatic carbocycles. The first kappa shape index (κ1) is 19.9. The predicted molar refractivity (Wildman–Crippen MR) is 114 cm³/mol. The van der Waals surface area contributed by atoms with E-state index in [9.17, 15) is 4.79 Å². The lowest BCUT2D eigenvalue weighted by Gasteiger charge is -2.32. The lowest BCUT2D eigenvalue weighted by Crippen LogP contribution is -2.41. The molecule has 1 aliphatic rings. The average molecular weight is 377 g/mol. The largest absolute Gasteiger partial charge is 0.497 e. The monoisotopic (exact) mass is 377 g/mol. The van der Waals surface area contributed by atoms with Crippen LogP contribution in [-0.4, -0.2) is 44.0 Å². The summed E-state index contributed by atoms with van der Waals surface area (Å²) in [5.74, 6) is 1.73. The van der Waals surface area contributed by atoms with Crippen molar-refractivity contribution in [1.82, 2.24) is 4.90 Å². The van der Waals surface area contributed by atoms with Gasteiger partial charge >= 0.3 is 0 Å². The molecule has 0 bridgehead atoms. The van der Waals surface area contributed by atoms with Gasteiger partial charge in [0.05, 0.1) is 14.2 Å². The Hall–Kier alpha value is -2.85. The van der Waals surface area contributed by atoms with Crippen molar-refractivity contribution in [1.29, 1.82) is 0 Å². The number of likely N-dealkylation sites (tertiary alicyclic amines) is 1. The van der Waals surface area contributed by atoms with E-state index in [-0.39, 0.29) is 5.78 Å². The topological polar surface area (TPSA) is 38.8 Å². The lowest BCUT2D eigenvalue weighted by molar-refractivity contribution is -0.113. The minimum Gasteiger partial charge on any atom is -0.497 e. The fourth-order valence-electron chi connectivity index (χ4n) is 3.23. The molecule has 146 valence electrons. The van der Waals surface area contributed by atoms with Gasteiger partial charge in [-0.15, -0.1) is 0 Å². The quantitative estimate of drug-likeness (QED) is 0.721. The Morgan fingerprint density at radius 3 is 1.50 bits per heavy atom. The van der Waals surface area contributed by atoms with E-state index in [1.807, 2.05) is 60.7 Å². The van der Waals surface area contributed by atoms with Crippen LogP contribution in [0.15, 0.2) is 59.7 Å². The predicted octanol–water partition coefficient (Wildman–Crippen LogP) is 4.46. The number of ether oxygens (including phenoxy) is 2. The van der Waals surface area contributed by atoms with Crippen molar-refractivity contribution < 1.29 is 14.3 Å². The maximum absolute atomic E-state index is 13.1. The number of Topliss-reactive ketones (excluding diaryl/α,β-unsaturated/α-hetero) is 1.